The fourth-order valence-electron chi connectivity index (χ4n) is 2.74. The van der Waals surface area contributed by atoms with Gasteiger partial charge in [0.05, 0.1) is 17.0 Å². The Bertz CT molecular complexity index is 1160. The van der Waals surface area contributed by atoms with E-state index in [1.54, 1.807) is 24.3 Å². The van der Waals surface area contributed by atoms with Crippen LogP contribution in [0, 0.1) is 13.8 Å². The molecular formula is C19H20N4O4S. The van der Waals surface area contributed by atoms with Crippen LogP contribution >= 0.6 is 0 Å². The number of aromatic hydroxyl groups is 1. The highest BCUT2D eigenvalue weighted by molar-refractivity contribution is 7.89. The highest BCUT2D eigenvalue weighted by atomic mass is 32.2. The summed E-state index contributed by atoms with van der Waals surface area (Å²) >= 11 is 0. The van der Waals surface area contributed by atoms with Crippen LogP contribution in [0.25, 0.3) is 10.9 Å². The number of hydrogen-bond acceptors (Lipinski definition) is 5. The molecule has 28 heavy (non-hydrogen) atoms. The molecule has 146 valence electrons. The molecule has 0 fully saturated rings. The number of amides is 1. The first-order valence-corrected chi connectivity index (χ1v) is 9.92. The van der Waals surface area contributed by atoms with Crippen LogP contribution in [0.2, 0.25) is 0 Å². The largest absolute Gasteiger partial charge is 0.493 e. The maximum Gasteiger partial charge on any atom is 0.279 e. The summed E-state index contributed by atoms with van der Waals surface area (Å²) in [7, 11) is -2.52. The van der Waals surface area contributed by atoms with Gasteiger partial charge in [0, 0.05) is 12.4 Å². The van der Waals surface area contributed by atoms with E-state index in [9.17, 15) is 18.3 Å². The molecule has 8 nitrogen and oxygen atoms in total. The number of likely N-dealkylation sites (N-methyl/N-ethyl adjacent to an activating group) is 1. The Morgan fingerprint density at radius 2 is 1.82 bits per heavy atom. The van der Waals surface area contributed by atoms with Crippen molar-refractivity contribution in [1.29, 1.82) is 0 Å². The lowest BCUT2D eigenvalue weighted by molar-refractivity contribution is -0.118. The maximum atomic E-state index is 12.5. The van der Waals surface area contributed by atoms with Crippen LogP contribution in [-0.2, 0) is 14.8 Å². The van der Waals surface area contributed by atoms with E-state index < -0.39 is 22.5 Å². The van der Waals surface area contributed by atoms with Gasteiger partial charge in [-0.2, -0.15) is 4.31 Å². The third kappa shape index (κ3) is 3.80. The van der Waals surface area contributed by atoms with Crippen LogP contribution in [0.4, 0.5) is 5.69 Å². The lowest BCUT2D eigenvalue weighted by Crippen LogP contribution is -2.31. The average Bonchev–Trinajstić information content (AvgIpc) is 2.97. The summed E-state index contributed by atoms with van der Waals surface area (Å²) < 4.78 is 26.0. The van der Waals surface area contributed by atoms with Gasteiger partial charge in [-0.1, -0.05) is 35.9 Å². The van der Waals surface area contributed by atoms with Crippen LogP contribution in [0.15, 0.2) is 57.6 Å². The third-order valence-corrected chi connectivity index (χ3v) is 6.16. The fraction of sp³-hybridized carbons (Fsp3) is 0.211. The van der Waals surface area contributed by atoms with Crippen molar-refractivity contribution in [3.8, 4) is 5.88 Å². The van der Waals surface area contributed by atoms with Gasteiger partial charge in [-0.05, 0) is 31.5 Å². The molecule has 2 aromatic carbocycles. The maximum absolute atomic E-state index is 12.5. The molecular weight excluding hydrogens is 380 g/mol. The minimum absolute atomic E-state index is 0.0927. The number of nitrogens with one attached hydrogen (secondary N) is 1. The van der Waals surface area contributed by atoms with E-state index in [0.717, 1.165) is 15.4 Å². The first kappa shape index (κ1) is 19.7. The number of nitrogens with zero attached hydrogens (tertiary/aromatic N) is 3. The predicted octanol–water partition coefficient (Wildman–Crippen LogP) is 3.42. The number of carbonyl (C=O) groups excluding carboxylic acids is 1. The zero-order chi connectivity index (χ0) is 20.5. The monoisotopic (exact) mass is 400 g/mol. The number of sulfonamides is 1. The van der Waals surface area contributed by atoms with Gasteiger partial charge in [0.25, 0.3) is 5.91 Å². The standard InChI is InChI=1S/C19H20N4O4S/c1-12-7-9-14(10-8-12)28(26,27)23(3)11-16(24)21-22-18-15-6-4-5-13(2)17(15)20-19(18)25/h4-10,20,25H,11H2,1-3H3. The van der Waals surface area contributed by atoms with E-state index in [-0.39, 0.29) is 16.5 Å². The van der Waals surface area contributed by atoms with Gasteiger partial charge >= 0.3 is 0 Å². The molecule has 0 bridgehead atoms. The number of benzene rings is 2. The Morgan fingerprint density at radius 1 is 1.14 bits per heavy atom. The molecule has 0 radical (unpaired) electrons. The van der Waals surface area contributed by atoms with E-state index in [1.165, 1.54) is 19.2 Å². The fourth-order valence-corrected chi connectivity index (χ4v) is 3.86. The zero-order valence-electron chi connectivity index (χ0n) is 15.7. The average molecular weight is 400 g/mol. The van der Waals surface area contributed by atoms with E-state index >= 15 is 0 Å². The molecule has 3 aromatic rings. The molecule has 1 aromatic heterocycles. The minimum atomic E-state index is -3.82. The van der Waals surface area contributed by atoms with E-state index in [0.29, 0.717) is 10.9 Å². The van der Waals surface area contributed by atoms with Crippen LogP contribution in [0.3, 0.4) is 0 Å². The van der Waals surface area contributed by atoms with Gasteiger partial charge < -0.3 is 10.1 Å². The Labute approximate surface area is 162 Å². The number of aryl methyl sites for hydroxylation is 2. The summed E-state index contributed by atoms with van der Waals surface area (Å²) in [6.07, 6.45) is 0. The molecule has 0 aliphatic heterocycles. The summed E-state index contributed by atoms with van der Waals surface area (Å²) in [6.45, 7) is 3.25. The molecule has 1 heterocycles. The van der Waals surface area contributed by atoms with Crippen LogP contribution in [0.5, 0.6) is 5.88 Å². The summed E-state index contributed by atoms with van der Waals surface area (Å²) in [5.74, 6) is -0.957. The summed E-state index contributed by atoms with van der Waals surface area (Å²) in [6, 6.07) is 11.8. The van der Waals surface area contributed by atoms with Crippen LogP contribution in [-0.4, -0.2) is 42.3 Å². The number of azo groups is 1. The van der Waals surface area contributed by atoms with Crippen molar-refractivity contribution in [2.24, 2.45) is 10.2 Å². The van der Waals surface area contributed by atoms with Crippen molar-refractivity contribution in [2.45, 2.75) is 18.7 Å². The van der Waals surface area contributed by atoms with Crippen molar-refractivity contribution in [3.05, 3.63) is 53.6 Å². The lowest BCUT2D eigenvalue weighted by atomic mass is 10.1. The second-order valence-electron chi connectivity index (χ2n) is 6.49. The highest BCUT2D eigenvalue weighted by Crippen LogP contribution is 2.36. The van der Waals surface area contributed by atoms with Crippen molar-refractivity contribution in [3.63, 3.8) is 0 Å². The summed E-state index contributed by atoms with van der Waals surface area (Å²) in [4.78, 5) is 15.0. The van der Waals surface area contributed by atoms with Gasteiger partial charge in [-0.15, -0.1) is 10.2 Å². The first-order valence-electron chi connectivity index (χ1n) is 8.48. The van der Waals surface area contributed by atoms with E-state index in [2.05, 4.69) is 15.2 Å². The third-order valence-electron chi connectivity index (χ3n) is 4.34. The zero-order valence-corrected chi connectivity index (χ0v) is 16.5. The first-order chi connectivity index (χ1) is 13.2. The molecule has 0 saturated heterocycles. The summed E-state index contributed by atoms with van der Waals surface area (Å²) in [5, 5.41) is 18.0. The Balaban J connectivity index is 1.78. The SMILES string of the molecule is Cc1ccc(S(=O)(=O)N(C)CC(=O)N=Nc2c(O)[nH]c3c(C)cccc23)cc1. The highest BCUT2D eigenvalue weighted by Gasteiger charge is 2.23. The van der Waals surface area contributed by atoms with Gasteiger partial charge in [0.2, 0.25) is 15.9 Å². The summed E-state index contributed by atoms with van der Waals surface area (Å²) in [5.41, 5.74) is 2.67. The van der Waals surface area contributed by atoms with Crippen molar-refractivity contribution in [1.82, 2.24) is 9.29 Å². The Morgan fingerprint density at radius 3 is 2.50 bits per heavy atom. The van der Waals surface area contributed by atoms with Crippen LogP contribution < -0.4 is 0 Å². The normalized spacial score (nSPS) is 12.3. The smallest absolute Gasteiger partial charge is 0.279 e. The Kier molecular flexibility index (Phi) is 5.30. The van der Waals surface area contributed by atoms with Gasteiger partial charge in [-0.25, -0.2) is 8.42 Å². The molecule has 2 N–H and O–H groups in total. The van der Waals surface area contributed by atoms with Crippen molar-refractivity contribution < 1.29 is 18.3 Å². The quantitative estimate of drug-likeness (QED) is 0.638. The number of aromatic nitrogens is 1. The number of carbonyl (C=O) groups is 1. The minimum Gasteiger partial charge on any atom is -0.493 e. The lowest BCUT2D eigenvalue weighted by Gasteiger charge is -2.15. The Hall–Kier alpha value is -3.04. The number of hydrogen-bond donors (Lipinski definition) is 2. The molecule has 0 saturated carbocycles. The molecule has 0 unspecified atom stereocenters. The van der Waals surface area contributed by atoms with E-state index in [1.807, 2.05) is 19.9 Å². The molecule has 9 heteroatoms. The number of fused-ring (bicyclic) bond motifs is 1. The number of rotatable bonds is 5. The number of aromatic amines is 1. The van der Waals surface area contributed by atoms with E-state index in [4.69, 9.17) is 0 Å². The molecule has 3 rings (SSSR count). The van der Waals surface area contributed by atoms with Crippen molar-refractivity contribution >= 4 is 32.5 Å². The van der Waals surface area contributed by atoms with Crippen molar-refractivity contribution in [2.75, 3.05) is 13.6 Å². The molecule has 0 aliphatic rings. The second-order valence-corrected chi connectivity index (χ2v) is 8.53. The molecule has 1 amide bonds. The predicted molar refractivity (Wildman–Crippen MR) is 105 cm³/mol. The number of H-pyrrole nitrogens is 1. The second kappa shape index (κ2) is 7.53. The van der Waals surface area contributed by atoms with Gasteiger partial charge in [0.15, 0.2) is 5.69 Å². The van der Waals surface area contributed by atoms with Gasteiger partial charge in [-0.3, -0.25) is 4.79 Å². The molecule has 0 aliphatic carbocycles. The molecule has 0 atom stereocenters. The van der Waals surface area contributed by atoms with Gasteiger partial charge in [0.1, 0.15) is 0 Å². The molecule has 0 spiro atoms. The number of para-hydroxylation sites is 1. The van der Waals surface area contributed by atoms with Crippen LogP contribution in [0.1, 0.15) is 11.1 Å². The topological polar surface area (TPSA) is 115 Å².